The average Bonchev–Trinajstić information content (AvgIpc) is 2.76. The van der Waals surface area contributed by atoms with Crippen LogP contribution in [0.2, 0.25) is 5.02 Å². The van der Waals surface area contributed by atoms with E-state index in [1.54, 1.807) is 37.3 Å². The topological polar surface area (TPSA) is 102 Å². The van der Waals surface area contributed by atoms with Crippen molar-refractivity contribution in [3.63, 3.8) is 0 Å². The molecule has 0 saturated heterocycles. The summed E-state index contributed by atoms with van der Waals surface area (Å²) >= 11 is 6.15. The molecule has 0 atom stereocenters. The Morgan fingerprint density at radius 3 is 2.36 bits per heavy atom. The van der Waals surface area contributed by atoms with Crippen LogP contribution in [-0.4, -0.2) is 26.9 Å². The van der Waals surface area contributed by atoms with E-state index < -0.39 is 21.9 Å². The molecule has 0 aliphatic carbocycles. The SMILES string of the molecule is CCOC(=O)c1cccc(NC(=O)c2ccc(Cl)c(S(=O)(=O)Nc3ccc(C)c(C)c3)c2)c1. The molecule has 0 aromatic heterocycles. The Morgan fingerprint density at radius 2 is 1.67 bits per heavy atom. The second-order valence-corrected chi connectivity index (χ2v) is 9.36. The first-order valence-corrected chi connectivity index (χ1v) is 11.9. The first kappa shape index (κ1) is 24.3. The molecule has 0 aliphatic rings. The number of esters is 1. The van der Waals surface area contributed by atoms with Crippen molar-refractivity contribution in [2.24, 2.45) is 0 Å². The van der Waals surface area contributed by atoms with Crippen LogP contribution in [0.25, 0.3) is 0 Å². The first-order valence-electron chi connectivity index (χ1n) is 10.1. The Morgan fingerprint density at radius 1 is 0.909 bits per heavy atom. The van der Waals surface area contributed by atoms with Crippen molar-refractivity contribution in [2.75, 3.05) is 16.6 Å². The lowest BCUT2D eigenvalue weighted by Crippen LogP contribution is -2.17. The summed E-state index contributed by atoms with van der Waals surface area (Å²) in [4.78, 5) is 24.5. The van der Waals surface area contributed by atoms with Crippen molar-refractivity contribution in [3.8, 4) is 0 Å². The highest BCUT2D eigenvalue weighted by Crippen LogP contribution is 2.26. The molecule has 2 N–H and O–H groups in total. The van der Waals surface area contributed by atoms with E-state index in [1.807, 2.05) is 19.9 Å². The Balaban J connectivity index is 1.84. The molecule has 0 heterocycles. The summed E-state index contributed by atoms with van der Waals surface area (Å²) in [6.45, 7) is 5.73. The fraction of sp³-hybridized carbons (Fsp3) is 0.167. The number of nitrogens with one attached hydrogen (secondary N) is 2. The van der Waals surface area contributed by atoms with Crippen LogP contribution in [0.3, 0.4) is 0 Å². The van der Waals surface area contributed by atoms with Gasteiger partial charge in [0.05, 0.1) is 17.2 Å². The highest BCUT2D eigenvalue weighted by Gasteiger charge is 2.21. The van der Waals surface area contributed by atoms with Gasteiger partial charge in [0.15, 0.2) is 0 Å². The highest BCUT2D eigenvalue weighted by atomic mass is 35.5. The zero-order chi connectivity index (χ0) is 24.2. The molecule has 172 valence electrons. The van der Waals surface area contributed by atoms with Crippen molar-refractivity contribution < 1.29 is 22.7 Å². The van der Waals surface area contributed by atoms with E-state index in [2.05, 4.69) is 10.0 Å². The molecule has 0 radical (unpaired) electrons. The number of anilines is 2. The van der Waals surface area contributed by atoms with Crippen LogP contribution in [0.15, 0.2) is 65.6 Å². The normalized spacial score (nSPS) is 11.0. The monoisotopic (exact) mass is 486 g/mol. The van der Waals surface area contributed by atoms with Crippen LogP contribution in [0.1, 0.15) is 38.8 Å². The third-order valence-corrected chi connectivity index (χ3v) is 6.74. The maximum Gasteiger partial charge on any atom is 0.338 e. The highest BCUT2D eigenvalue weighted by molar-refractivity contribution is 7.92. The minimum absolute atomic E-state index is 0.0211. The predicted octanol–water partition coefficient (Wildman–Crippen LogP) is 5.19. The molecule has 33 heavy (non-hydrogen) atoms. The third kappa shape index (κ3) is 5.91. The second kappa shape index (κ2) is 10.1. The van der Waals surface area contributed by atoms with Gasteiger partial charge in [-0.15, -0.1) is 0 Å². The number of aryl methyl sites for hydroxylation is 2. The summed E-state index contributed by atoms with van der Waals surface area (Å²) in [6.07, 6.45) is 0. The number of amides is 1. The zero-order valence-electron chi connectivity index (χ0n) is 18.3. The molecule has 0 spiro atoms. The molecular weight excluding hydrogens is 464 g/mol. The number of hydrogen-bond donors (Lipinski definition) is 2. The summed E-state index contributed by atoms with van der Waals surface area (Å²) < 4.78 is 33.4. The van der Waals surface area contributed by atoms with E-state index in [4.69, 9.17) is 16.3 Å². The van der Waals surface area contributed by atoms with Gasteiger partial charge in [0, 0.05) is 16.9 Å². The third-order valence-electron chi connectivity index (χ3n) is 4.87. The number of hydrogen-bond acceptors (Lipinski definition) is 5. The lowest BCUT2D eigenvalue weighted by atomic mass is 10.1. The number of carbonyl (C=O) groups excluding carboxylic acids is 2. The number of rotatable bonds is 7. The van der Waals surface area contributed by atoms with Gasteiger partial charge in [0.1, 0.15) is 4.90 Å². The van der Waals surface area contributed by atoms with Gasteiger partial charge in [-0.2, -0.15) is 0 Å². The number of sulfonamides is 1. The van der Waals surface area contributed by atoms with Crippen LogP contribution in [0.5, 0.6) is 0 Å². The molecule has 7 nitrogen and oxygen atoms in total. The summed E-state index contributed by atoms with van der Waals surface area (Å²) in [5.41, 5.74) is 3.08. The van der Waals surface area contributed by atoms with Gasteiger partial charge < -0.3 is 10.1 Å². The minimum atomic E-state index is -4.05. The van der Waals surface area contributed by atoms with Crippen LogP contribution in [0.4, 0.5) is 11.4 Å². The Hall–Kier alpha value is -3.36. The smallest absolute Gasteiger partial charge is 0.338 e. The molecule has 0 fully saturated rings. The quantitative estimate of drug-likeness (QED) is 0.448. The van der Waals surface area contributed by atoms with E-state index in [1.165, 1.54) is 24.3 Å². The van der Waals surface area contributed by atoms with Crippen LogP contribution in [-0.2, 0) is 14.8 Å². The lowest BCUT2D eigenvalue weighted by molar-refractivity contribution is 0.0526. The average molecular weight is 487 g/mol. The Bertz CT molecular complexity index is 1320. The Kier molecular flexibility index (Phi) is 7.40. The second-order valence-electron chi connectivity index (χ2n) is 7.31. The molecule has 1 amide bonds. The molecule has 9 heteroatoms. The van der Waals surface area contributed by atoms with E-state index in [0.717, 1.165) is 11.1 Å². The van der Waals surface area contributed by atoms with Crippen LogP contribution in [0, 0.1) is 13.8 Å². The van der Waals surface area contributed by atoms with Gasteiger partial charge in [-0.1, -0.05) is 23.7 Å². The molecule has 0 bridgehead atoms. The molecular formula is C24H23ClN2O5S. The van der Waals surface area contributed by atoms with E-state index in [0.29, 0.717) is 11.4 Å². The summed E-state index contributed by atoms with van der Waals surface area (Å²) in [7, 11) is -4.05. The summed E-state index contributed by atoms with van der Waals surface area (Å²) in [5.74, 6) is -1.07. The maximum atomic E-state index is 13.0. The fourth-order valence-electron chi connectivity index (χ4n) is 3.01. The number of ether oxygens (including phenoxy) is 1. The van der Waals surface area contributed by atoms with Gasteiger partial charge >= 0.3 is 5.97 Å². The predicted molar refractivity (Wildman–Crippen MR) is 129 cm³/mol. The Labute approximate surface area is 197 Å². The summed E-state index contributed by atoms with van der Waals surface area (Å²) in [6, 6.07) is 15.4. The van der Waals surface area contributed by atoms with Crippen molar-refractivity contribution in [1.29, 1.82) is 0 Å². The molecule has 3 rings (SSSR count). The molecule has 0 saturated carbocycles. The van der Waals surface area contributed by atoms with Gasteiger partial charge in [-0.05, 0) is 80.4 Å². The fourth-order valence-corrected chi connectivity index (χ4v) is 4.58. The maximum absolute atomic E-state index is 13.0. The number of benzene rings is 3. The standard InChI is InChI=1S/C24H23ClN2O5S/c1-4-32-24(29)18-6-5-7-19(13-18)26-23(28)17-9-11-21(25)22(14-17)33(30,31)27-20-10-8-15(2)16(3)12-20/h5-14,27H,4H2,1-3H3,(H,26,28). The van der Waals surface area contributed by atoms with Crippen LogP contribution < -0.4 is 10.0 Å². The van der Waals surface area contributed by atoms with Gasteiger partial charge in [-0.3, -0.25) is 9.52 Å². The van der Waals surface area contributed by atoms with E-state index in [9.17, 15) is 18.0 Å². The number of halogens is 1. The lowest BCUT2D eigenvalue weighted by Gasteiger charge is -2.13. The van der Waals surface area contributed by atoms with Crippen molar-refractivity contribution in [2.45, 2.75) is 25.7 Å². The molecule has 0 unspecified atom stereocenters. The first-order chi connectivity index (χ1) is 15.6. The minimum Gasteiger partial charge on any atom is -0.462 e. The van der Waals surface area contributed by atoms with Crippen molar-refractivity contribution in [3.05, 3.63) is 87.9 Å². The number of carbonyl (C=O) groups is 2. The van der Waals surface area contributed by atoms with Crippen molar-refractivity contribution in [1.82, 2.24) is 0 Å². The summed E-state index contributed by atoms with van der Waals surface area (Å²) in [5, 5.41) is 2.63. The molecule has 0 aliphatic heterocycles. The van der Waals surface area contributed by atoms with Gasteiger partial charge in [0.25, 0.3) is 15.9 Å². The van der Waals surface area contributed by atoms with Gasteiger partial charge in [0.2, 0.25) is 0 Å². The molecule has 3 aromatic rings. The van der Waals surface area contributed by atoms with E-state index in [-0.39, 0.29) is 27.7 Å². The van der Waals surface area contributed by atoms with Crippen molar-refractivity contribution >= 4 is 44.9 Å². The van der Waals surface area contributed by atoms with Crippen LogP contribution >= 0.6 is 11.6 Å². The van der Waals surface area contributed by atoms with E-state index >= 15 is 0 Å². The zero-order valence-corrected chi connectivity index (χ0v) is 19.9. The largest absolute Gasteiger partial charge is 0.462 e. The van der Waals surface area contributed by atoms with Gasteiger partial charge in [-0.25, -0.2) is 13.2 Å². The molecule has 3 aromatic carbocycles.